The van der Waals surface area contributed by atoms with E-state index in [4.69, 9.17) is 9.47 Å². The summed E-state index contributed by atoms with van der Waals surface area (Å²) in [5, 5.41) is 22.6. The second-order valence-corrected chi connectivity index (χ2v) is 10.0. The summed E-state index contributed by atoms with van der Waals surface area (Å²) in [6.07, 6.45) is 0. The quantitative estimate of drug-likeness (QED) is 0.289. The molecule has 2 N–H and O–H groups in total. The Kier molecular flexibility index (Phi) is 7.52. The highest BCUT2D eigenvalue weighted by molar-refractivity contribution is 5.99. The van der Waals surface area contributed by atoms with Gasteiger partial charge in [-0.15, -0.1) is 5.10 Å². The van der Waals surface area contributed by atoms with E-state index in [1.807, 2.05) is 0 Å². The molecule has 1 aliphatic heterocycles. The molecule has 0 bridgehead atoms. The molecule has 12 heteroatoms. The lowest BCUT2D eigenvalue weighted by molar-refractivity contribution is 0.00796. The van der Waals surface area contributed by atoms with E-state index < -0.39 is 49.3 Å². The Morgan fingerprint density at radius 3 is 2.51 bits per heavy atom. The summed E-state index contributed by atoms with van der Waals surface area (Å²) in [7, 11) is 1.41. The van der Waals surface area contributed by atoms with Crippen molar-refractivity contribution < 1.29 is 36.9 Å². The normalized spacial score (nSPS) is 15.2. The van der Waals surface area contributed by atoms with Gasteiger partial charge in [-0.3, -0.25) is 4.79 Å². The number of methoxy groups -OCH3 is 1. The zero-order valence-electron chi connectivity index (χ0n) is 22.2. The van der Waals surface area contributed by atoms with Crippen LogP contribution in [0, 0.1) is 12.7 Å². The van der Waals surface area contributed by atoms with Crippen LogP contribution in [-0.2, 0) is 11.0 Å². The zero-order valence-corrected chi connectivity index (χ0v) is 22.2. The summed E-state index contributed by atoms with van der Waals surface area (Å²) in [4.78, 5) is 17.5. The first-order chi connectivity index (χ1) is 19.7. The lowest BCUT2D eigenvalue weighted by Gasteiger charge is -2.27. The molecule has 0 saturated heterocycles. The number of pyridine rings is 1. The fraction of sp³-hybridized carbons (Fsp3) is 0.310. The van der Waals surface area contributed by atoms with Crippen molar-refractivity contribution >= 4 is 16.8 Å². The van der Waals surface area contributed by atoms with Gasteiger partial charge in [0.1, 0.15) is 55.2 Å². The van der Waals surface area contributed by atoms with Crippen molar-refractivity contribution in [2.75, 3.05) is 40.3 Å². The number of halogens is 4. The van der Waals surface area contributed by atoms with Gasteiger partial charge in [0.15, 0.2) is 5.60 Å². The van der Waals surface area contributed by atoms with Crippen molar-refractivity contribution in [2.45, 2.75) is 17.9 Å². The molecule has 3 heterocycles. The lowest BCUT2D eigenvalue weighted by atomic mass is 9.83. The van der Waals surface area contributed by atoms with Gasteiger partial charge in [0.25, 0.3) is 5.91 Å². The molecule has 4 aromatic rings. The Balaban J connectivity index is 1.52. The molecular weight excluding hydrogens is 544 g/mol. The van der Waals surface area contributed by atoms with E-state index >= 15 is 0 Å². The van der Waals surface area contributed by atoms with Crippen molar-refractivity contribution in [1.29, 1.82) is 0 Å². The van der Waals surface area contributed by atoms with E-state index in [9.17, 15) is 27.5 Å². The van der Waals surface area contributed by atoms with Gasteiger partial charge in [-0.25, -0.2) is 22.5 Å². The number of hydrogen-bond donors (Lipinski definition) is 2. The van der Waals surface area contributed by atoms with E-state index in [0.29, 0.717) is 27.9 Å². The van der Waals surface area contributed by atoms with E-state index in [-0.39, 0.29) is 34.9 Å². The van der Waals surface area contributed by atoms with E-state index in [2.05, 4.69) is 20.5 Å². The Labute approximate surface area is 232 Å². The second-order valence-electron chi connectivity index (χ2n) is 10.0. The summed E-state index contributed by atoms with van der Waals surface area (Å²) in [5.41, 5.74) is -2.71. The van der Waals surface area contributed by atoms with Gasteiger partial charge in [-0.2, -0.15) is 5.10 Å². The maximum atomic E-state index is 14.5. The fourth-order valence-corrected chi connectivity index (χ4v) is 4.71. The highest BCUT2D eigenvalue weighted by Gasteiger charge is 2.45. The molecule has 8 nitrogen and oxygen atoms in total. The van der Waals surface area contributed by atoms with E-state index in [1.54, 1.807) is 19.1 Å². The third-order valence-electron chi connectivity index (χ3n) is 7.16. The lowest BCUT2D eigenvalue weighted by Crippen LogP contribution is -2.43. The van der Waals surface area contributed by atoms with Crippen LogP contribution in [-0.4, -0.2) is 66.5 Å². The van der Waals surface area contributed by atoms with E-state index in [1.165, 1.54) is 31.4 Å². The number of benzene rings is 2. The number of fused-ring (bicyclic) bond motifs is 2. The number of nitrogens with zero attached hydrogens (tertiary/aromatic N) is 3. The second kappa shape index (κ2) is 10.9. The molecular formula is C29H26F4N4O4. The predicted octanol–water partition coefficient (Wildman–Crippen LogP) is 4.30. The van der Waals surface area contributed by atoms with Crippen LogP contribution < -0.4 is 14.8 Å². The number of nitrogens with one attached hydrogen (secondary N) is 1. The summed E-state index contributed by atoms with van der Waals surface area (Å²) >= 11 is 0. The smallest absolute Gasteiger partial charge is 0.251 e. The molecule has 0 unspecified atom stereocenters. The molecule has 2 aromatic heterocycles. The van der Waals surface area contributed by atoms with Crippen LogP contribution in [0.15, 0.2) is 48.5 Å². The third-order valence-corrected chi connectivity index (χ3v) is 7.16. The van der Waals surface area contributed by atoms with Crippen molar-refractivity contribution in [3.8, 4) is 22.8 Å². The first-order valence-corrected chi connectivity index (χ1v) is 12.6. The zero-order chi connectivity index (χ0) is 29.4. The number of hydrogen-bond acceptors (Lipinski definition) is 7. The summed E-state index contributed by atoms with van der Waals surface area (Å²) < 4.78 is 67.5. The molecule has 0 fully saturated rings. The minimum atomic E-state index is -2.39. The monoisotopic (exact) mass is 570 g/mol. The Morgan fingerprint density at radius 1 is 1.12 bits per heavy atom. The van der Waals surface area contributed by atoms with Gasteiger partial charge in [0, 0.05) is 22.1 Å². The van der Waals surface area contributed by atoms with Gasteiger partial charge in [0.05, 0.1) is 30.5 Å². The number of carbonyl (C=O) groups is 1. The number of carbonyl (C=O) groups excluding carboxylic acids is 1. The number of aliphatic hydroxyl groups is 1. The molecule has 0 aliphatic carbocycles. The largest absolute Gasteiger partial charge is 0.494 e. The van der Waals surface area contributed by atoms with Crippen LogP contribution in [0.5, 0.6) is 11.5 Å². The number of aromatic nitrogens is 3. The Morgan fingerprint density at radius 2 is 1.85 bits per heavy atom. The molecule has 2 aromatic carbocycles. The van der Waals surface area contributed by atoms with Crippen LogP contribution >= 0.6 is 0 Å². The number of ether oxygens (including phenoxy) is 2. The first kappa shape index (κ1) is 28.2. The maximum absolute atomic E-state index is 14.5. The highest BCUT2D eigenvalue weighted by atomic mass is 19.1. The topological polar surface area (TPSA) is 106 Å². The number of amides is 1. The van der Waals surface area contributed by atoms with Crippen molar-refractivity contribution in [2.24, 2.45) is 0 Å². The minimum Gasteiger partial charge on any atom is -0.494 e. The molecule has 41 heavy (non-hydrogen) atoms. The summed E-state index contributed by atoms with van der Waals surface area (Å²) in [6.45, 7) is -2.88. The van der Waals surface area contributed by atoms with Gasteiger partial charge >= 0.3 is 0 Å². The summed E-state index contributed by atoms with van der Waals surface area (Å²) in [5.74, 6) is -0.835. The Bertz CT molecular complexity index is 1620. The molecule has 5 rings (SSSR count). The standard InChI is InChI=1S/C29H26F4N4O4/c1-16-7-18-8-19(9-22(40-2)24(18)37-36-16)27(38)34-14-29(39,13-32)23-10-21-26(41-15-28(21,11-30)12-31)25(35-23)17-3-5-20(33)6-4-17/h3-10,39H,11-15H2,1-2H3,(H,34,38)/t29-/m0/s1. The SMILES string of the molecule is COc1cc(C(=O)NC[C@@](O)(CF)c2cc3c(c(-c4ccc(F)cc4)n2)OCC3(CF)CF)cc2cc(C)nnc12. The van der Waals surface area contributed by atoms with Crippen molar-refractivity contribution in [3.05, 3.63) is 76.9 Å². The van der Waals surface area contributed by atoms with Crippen molar-refractivity contribution in [1.82, 2.24) is 20.5 Å². The predicted molar refractivity (Wildman–Crippen MR) is 142 cm³/mol. The molecule has 1 aliphatic rings. The molecule has 0 saturated carbocycles. The van der Waals surface area contributed by atoms with Crippen LogP contribution in [0.2, 0.25) is 0 Å². The highest BCUT2D eigenvalue weighted by Crippen LogP contribution is 2.46. The Hall–Kier alpha value is -4.32. The first-order valence-electron chi connectivity index (χ1n) is 12.6. The van der Waals surface area contributed by atoms with Gasteiger partial charge in [-0.05, 0) is 55.5 Å². The maximum Gasteiger partial charge on any atom is 0.251 e. The van der Waals surface area contributed by atoms with Crippen LogP contribution in [0.4, 0.5) is 17.6 Å². The molecule has 214 valence electrons. The summed E-state index contributed by atoms with van der Waals surface area (Å²) in [6, 6.07) is 11.0. The van der Waals surface area contributed by atoms with Gasteiger partial charge in [-0.1, -0.05) is 0 Å². The number of rotatable bonds is 9. The average molecular weight is 571 g/mol. The van der Waals surface area contributed by atoms with Crippen LogP contribution in [0.3, 0.4) is 0 Å². The molecule has 0 spiro atoms. The van der Waals surface area contributed by atoms with Gasteiger partial charge in [0.2, 0.25) is 0 Å². The number of aryl methyl sites for hydroxylation is 1. The van der Waals surface area contributed by atoms with Crippen LogP contribution in [0.25, 0.3) is 22.2 Å². The molecule has 1 amide bonds. The third kappa shape index (κ3) is 5.03. The van der Waals surface area contributed by atoms with Crippen LogP contribution in [0.1, 0.15) is 27.3 Å². The average Bonchev–Trinajstić information content (AvgIpc) is 3.38. The van der Waals surface area contributed by atoms with Crippen molar-refractivity contribution in [3.63, 3.8) is 0 Å². The molecule has 0 radical (unpaired) electrons. The van der Waals surface area contributed by atoms with Gasteiger partial charge < -0.3 is 19.9 Å². The van der Waals surface area contributed by atoms with E-state index in [0.717, 1.165) is 12.1 Å². The molecule has 1 atom stereocenters. The minimum absolute atomic E-state index is 0.0511. The fourth-order valence-electron chi connectivity index (χ4n) is 4.71. The number of alkyl halides is 3.